The first kappa shape index (κ1) is 23.2. The van der Waals surface area contributed by atoms with Crippen molar-refractivity contribution in [2.45, 2.75) is 56.5 Å². The molecule has 1 aliphatic heterocycles. The third kappa shape index (κ3) is 6.18. The fourth-order valence-corrected chi connectivity index (χ4v) is 5.07. The Hall–Kier alpha value is -1.13. The minimum absolute atomic E-state index is 0. The topological polar surface area (TPSA) is 73.8 Å². The van der Waals surface area contributed by atoms with E-state index in [2.05, 4.69) is 27.8 Å². The van der Waals surface area contributed by atoms with E-state index in [9.17, 15) is 8.42 Å². The minimum Gasteiger partial charge on any atom is -0.357 e. The van der Waals surface area contributed by atoms with Crippen molar-refractivity contribution < 1.29 is 8.42 Å². The molecule has 1 fully saturated rings. The molecule has 1 aliphatic carbocycles. The van der Waals surface area contributed by atoms with Gasteiger partial charge in [0.25, 0.3) is 0 Å². The van der Waals surface area contributed by atoms with E-state index in [4.69, 9.17) is 0 Å². The van der Waals surface area contributed by atoms with Gasteiger partial charge in [0, 0.05) is 25.7 Å². The average Bonchev–Trinajstić information content (AvgIpc) is 3.20. The van der Waals surface area contributed by atoms with Crippen LogP contribution in [0.4, 0.5) is 0 Å². The van der Waals surface area contributed by atoms with Crippen LogP contribution < -0.4 is 10.6 Å². The zero-order chi connectivity index (χ0) is 19.1. The van der Waals surface area contributed by atoms with Crippen molar-refractivity contribution in [1.29, 1.82) is 0 Å². The smallest absolute Gasteiger partial charge is 0.243 e. The quantitative estimate of drug-likeness (QED) is 0.263. The van der Waals surface area contributed by atoms with E-state index < -0.39 is 10.0 Å². The molecule has 156 valence electrons. The molecule has 3 rings (SSSR count). The Kier molecular flexibility index (Phi) is 9.23. The molecule has 1 aromatic rings. The van der Waals surface area contributed by atoms with Crippen molar-refractivity contribution in [3.63, 3.8) is 0 Å². The fourth-order valence-electron chi connectivity index (χ4n) is 3.48. The molecule has 0 atom stereocenters. The molecule has 0 radical (unpaired) electrons. The largest absolute Gasteiger partial charge is 0.357 e. The maximum atomic E-state index is 12.9. The lowest BCUT2D eigenvalue weighted by molar-refractivity contribution is 0.346. The number of aliphatic imine (C=N–C) groups is 1. The highest BCUT2D eigenvalue weighted by Crippen LogP contribution is 2.21. The van der Waals surface area contributed by atoms with E-state index in [-0.39, 0.29) is 24.0 Å². The molecule has 0 bridgehead atoms. The van der Waals surface area contributed by atoms with Gasteiger partial charge in [-0.3, -0.25) is 0 Å². The van der Waals surface area contributed by atoms with Gasteiger partial charge in [-0.1, -0.05) is 30.7 Å². The Morgan fingerprint density at radius 2 is 1.89 bits per heavy atom. The molecular weight excluding hydrogens is 487 g/mol. The lowest BCUT2D eigenvalue weighted by atomic mass is 10.2. The highest BCUT2D eigenvalue weighted by Gasteiger charge is 2.25. The van der Waals surface area contributed by atoms with Crippen molar-refractivity contribution in [1.82, 2.24) is 14.9 Å². The number of hydrogen-bond acceptors (Lipinski definition) is 3. The summed E-state index contributed by atoms with van der Waals surface area (Å²) in [7, 11) is -3.41. The standard InChI is InChI=1S/C20H30N4O2S.HI/c1-2-21-20(23-18-10-4-5-11-18)22-16-17-9-8-12-19(15-17)27(25,26)24-13-6-3-7-14-24;/h4-5,8-9,12,15,18H,2-3,6-7,10-11,13-14,16H2,1H3,(H2,21,22,23);1H. The molecule has 1 heterocycles. The Morgan fingerprint density at radius 1 is 1.18 bits per heavy atom. The van der Waals surface area contributed by atoms with Gasteiger partial charge in [0.15, 0.2) is 5.96 Å². The van der Waals surface area contributed by atoms with Gasteiger partial charge in [0.1, 0.15) is 0 Å². The number of nitrogens with zero attached hydrogens (tertiary/aromatic N) is 2. The lowest BCUT2D eigenvalue weighted by Gasteiger charge is -2.26. The first-order chi connectivity index (χ1) is 13.1. The third-order valence-electron chi connectivity index (χ3n) is 4.96. The van der Waals surface area contributed by atoms with Crippen LogP contribution in [0.2, 0.25) is 0 Å². The summed E-state index contributed by atoms with van der Waals surface area (Å²) in [5.41, 5.74) is 0.898. The van der Waals surface area contributed by atoms with Crippen LogP contribution in [0.1, 0.15) is 44.6 Å². The van der Waals surface area contributed by atoms with Gasteiger partial charge in [-0.25, -0.2) is 13.4 Å². The van der Waals surface area contributed by atoms with Gasteiger partial charge >= 0.3 is 0 Å². The minimum atomic E-state index is -3.41. The predicted octanol–water partition coefficient (Wildman–Crippen LogP) is 3.25. The molecule has 0 aromatic heterocycles. The van der Waals surface area contributed by atoms with Crippen LogP contribution in [0, 0.1) is 0 Å². The Labute approximate surface area is 185 Å². The van der Waals surface area contributed by atoms with Crippen LogP contribution in [0.5, 0.6) is 0 Å². The van der Waals surface area contributed by atoms with E-state index in [1.165, 1.54) is 0 Å². The molecule has 2 aliphatic rings. The van der Waals surface area contributed by atoms with E-state index in [0.717, 1.165) is 50.2 Å². The van der Waals surface area contributed by atoms with E-state index in [0.29, 0.717) is 30.6 Å². The number of hydrogen-bond donors (Lipinski definition) is 2. The number of nitrogens with one attached hydrogen (secondary N) is 2. The molecule has 0 amide bonds. The summed E-state index contributed by atoms with van der Waals surface area (Å²) >= 11 is 0. The SMILES string of the molecule is CCNC(=NCc1cccc(S(=O)(=O)N2CCCCC2)c1)NC1CC=CC1.I. The number of halogens is 1. The summed E-state index contributed by atoms with van der Waals surface area (Å²) in [5.74, 6) is 0.774. The summed E-state index contributed by atoms with van der Waals surface area (Å²) in [4.78, 5) is 5.01. The zero-order valence-electron chi connectivity index (χ0n) is 16.4. The summed E-state index contributed by atoms with van der Waals surface area (Å²) < 4.78 is 27.3. The van der Waals surface area contributed by atoms with Gasteiger partial charge < -0.3 is 10.6 Å². The van der Waals surface area contributed by atoms with E-state index >= 15 is 0 Å². The molecule has 2 N–H and O–H groups in total. The Morgan fingerprint density at radius 3 is 2.57 bits per heavy atom. The maximum Gasteiger partial charge on any atom is 0.243 e. The molecule has 0 spiro atoms. The monoisotopic (exact) mass is 518 g/mol. The molecule has 0 unspecified atom stereocenters. The van der Waals surface area contributed by atoms with E-state index in [1.807, 2.05) is 19.1 Å². The number of sulfonamides is 1. The zero-order valence-corrected chi connectivity index (χ0v) is 19.6. The second-order valence-corrected chi connectivity index (χ2v) is 9.03. The third-order valence-corrected chi connectivity index (χ3v) is 6.86. The number of benzene rings is 1. The highest BCUT2D eigenvalue weighted by atomic mass is 127. The van der Waals surface area contributed by atoms with Crippen molar-refractivity contribution in [2.24, 2.45) is 4.99 Å². The van der Waals surface area contributed by atoms with Gasteiger partial charge in [0.05, 0.1) is 11.4 Å². The molecule has 0 saturated carbocycles. The predicted molar refractivity (Wildman–Crippen MR) is 125 cm³/mol. The molecule has 6 nitrogen and oxygen atoms in total. The van der Waals surface area contributed by atoms with Crippen molar-refractivity contribution >= 4 is 40.0 Å². The summed E-state index contributed by atoms with van der Waals surface area (Å²) in [6.07, 6.45) is 9.36. The van der Waals surface area contributed by atoms with Crippen molar-refractivity contribution in [3.05, 3.63) is 42.0 Å². The van der Waals surface area contributed by atoms with Gasteiger partial charge in [-0.2, -0.15) is 4.31 Å². The molecule has 1 saturated heterocycles. The summed E-state index contributed by atoms with van der Waals surface area (Å²) in [5, 5.41) is 6.69. The van der Waals surface area contributed by atoms with Crippen LogP contribution in [0.15, 0.2) is 46.3 Å². The summed E-state index contributed by atoms with van der Waals surface area (Å²) in [6.45, 7) is 4.51. The fraction of sp³-hybridized carbons (Fsp3) is 0.550. The Balaban J connectivity index is 0.00000280. The second-order valence-electron chi connectivity index (χ2n) is 7.09. The van der Waals surface area contributed by atoms with Gasteiger partial charge in [-0.05, 0) is 50.3 Å². The number of rotatable bonds is 6. The molecular formula is C20H31IN4O2S. The van der Waals surface area contributed by atoms with Crippen LogP contribution in [0.3, 0.4) is 0 Å². The Bertz CT molecular complexity index is 781. The number of guanidine groups is 1. The van der Waals surface area contributed by atoms with Crippen molar-refractivity contribution in [2.75, 3.05) is 19.6 Å². The normalized spacial score (nSPS) is 18.7. The van der Waals surface area contributed by atoms with E-state index in [1.54, 1.807) is 16.4 Å². The average molecular weight is 518 g/mol. The van der Waals surface area contributed by atoms with Crippen LogP contribution in [-0.2, 0) is 16.6 Å². The number of piperidine rings is 1. The second kappa shape index (κ2) is 11.2. The maximum absolute atomic E-state index is 12.9. The molecule has 8 heteroatoms. The van der Waals surface area contributed by atoms with Crippen LogP contribution in [0.25, 0.3) is 0 Å². The van der Waals surface area contributed by atoms with Crippen LogP contribution >= 0.6 is 24.0 Å². The highest BCUT2D eigenvalue weighted by molar-refractivity contribution is 14.0. The first-order valence-corrected chi connectivity index (χ1v) is 11.3. The first-order valence-electron chi connectivity index (χ1n) is 9.88. The van der Waals surface area contributed by atoms with Gasteiger partial charge in [-0.15, -0.1) is 24.0 Å². The van der Waals surface area contributed by atoms with Gasteiger partial charge in [0.2, 0.25) is 10.0 Å². The molecule has 28 heavy (non-hydrogen) atoms. The summed E-state index contributed by atoms with van der Waals surface area (Å²) in [6, 6.07) is 7.56. The van der Waals surface area contributed by atoms with Crippen LogP contribution in [-0.4, -0.2) is 44.4 Å². The van der Waals surface area contributed by atoms with Crippen molar-refractivity contribution in [3.8, 4) is 0 Å². The lowest BCUT2D eigenvalue weighted by Crippen LogP contribution is -2.42. The molecule has 1 aromatic carbocycles.